The zero-order valence-corrected chi connectivity index (χ0v) is 23.3. The Morgan fingerprint density at radius 3 is 2.38 bits per heavy atom. The van der Waals surface area contributed by atoms with Gasteiger partial charge < -0.3 is 27.8 Å². The highest BCUT2D eigenvalue weighted by Crippen LogP contribution is 2.19. The minimum absolute atomic E-state index is 0.116. The van der Waals surface area contributed by atoms with Crippen LogP contribution in [-0.4, -0.2) is 22.0 Å². The van der Waals surface area contributed by atoms with E-state index in [1.807, 2.05) is 68.4 Å². The monoisotopic (exact) mass is 547 g/mol. The van der Waals surface area contributed by atoms with Gasteiger partial charge in [0.05, 0.1) is 12.8 Å². The first-order chi connectivity index (χ1) is 18.6. The first-order valence-corrected chi connectivity index (χ1v) is 13.7. The Bertz CT molecular complexity index is 1310. The smallest absolute Gasteiger partial charge is 0.230 e. The van der Waals surface area contributed by atoms with Crippen LogP contribution in [0.5, 0.6) is 0 Å². The summed E-state index contributed by atoms with van der Waals surface area (Å²) in [6, 6.07) is 17.2. The minimum atomic E-state index is -0.478. The number of hydrogen-bond donors (Lipinski definition) is 5. The Labute approximate surface area is 233 Å². The molecule has 0 saturated heterocycles. The largest absolute Gasteiger partial charge is 0.402 e. The lowest BCUT2D eigenvalue weighted by Crippen LogP contribution is -2.30. The van der Waals surface area contributed by atoms with E-state index in [-0.39, 0.29) is 24.1 Å². The maximum absolute atomic E-state index is 12.4. The number of allylic oxidation sites excluding steroid dienone is 3. The summed E-state index contributed by atoms with van der Waals surface area (Å²) in [6.45, 7) is 3.84. The van der Waals surface area contributed by atoms with E-state index < -0.39 is 5.54 Å². The third kappa shape index (κ3) is 10.7. The third-order valence-corrected chi connectivity index (χ3v) is 6.72. The number of aromatic nitrogens is 2. The van der Waals surface area contributed by atoms with Gasteiger partial charge in [-0.3, -0.25) is 9.59 Å². The second-order valence-electron chi connectivity index (χ2n) is 9.93. The number of nitrogens with zero attached hydrogens (tertiary/aromatic N) is 2. The predicted molar refractivity (Wildman–Crippen MR) is 156 cm³/mol. The number of amides is 2. The van der Waals surface area contributed by atoms with Gasteiger partial charge in [-0.15, -0.1) is 10.2 Å². The standard InChI is InChI=1S/C29H37N7O2S/c1-29(2,32)22-12-8-11-21(17-22)19-25(37)33-24(31)16-15-23(30)13-6-7-14-27-35-36-28(39-27)34-26(38)18-20-9-4-3-5-10-20/h3-5,8-12,15-17H,6-7,13-14,18-19,30-32H2,1-2H3,(H,33,37)(H,34,36,38)/b23-15-,24-16+. The van der Waals surface area contributed by atoms with Crippen LogP contribution < -0.4 is 27.8 Å². The molecule has 2 amide bonds. The van der Waals surface area contributed by atoms with Gasteiger partial charge in [-0.25, -0.2) is 0 Å². The third-order valence-electron chi connectivity index (χ3n) is 5.82. The van der Waals surface area contributed by atoms with Gasteiger partial charge in [-0.2, -0.15) is 0 Å². The molecule has 39 heavy (non-hydrogen) atoms. The molecule has 3 aromatic rings. The topological polar surface area (TPSA) is 162 Å². The van der Waals surface area contributed by atoms with E-state index in [0.29, 0.717) is 23.7 Å². The fourth-order valence-corrected chi connectivity index (χ4v) is 4.55. The van der Waals surface area contributed by atoms with Crippen molar-refractivity contribution in [1.29, 1.82) is 0 Å². The fraction of sp³-hybridized carbons (Fsp3) is 0.310. The van der Waals surface area contributed by atoms with E-state index in [4.69, 9.17) is 17.2 Å². The summed E-state index contributed by atoms with van der Waals surface area (Å²) < 4.78 is 0. The van der Waals surface area contributed by atoms with Gasteiger partial charge in [-0.1, -0.05) is 65.9 Å². The van der Waals surface area contributed by atoms with E-state index in [2.05, 4.69) is 20.8 Å². The highest BCUT2D eigenvalue weighted by atomic mass is 32.1. The van der Waals surface area contributed by atoms with Gasteiger partial charge in [-0.05, 0) is 62.0 Å². The lowest BCUT2D eigenvalue weighted by molar-refractivity contribution is -0.119. The second-order valence-corrected chi connectivity index (χ2v) is 11.0. The number of unbranched alkanes of at least 4 members (excludes halogenated alkanes) is 1. The molecule has 8 N–H and O–H groups in total. The number of nitrogens with one attached hydrogen (secondary N) is 2. The first-order valence-electron chi connectivity index (χ1n) is 12.8. The number of benzene rings is 2. The summed E-state index contributed by atoms with van der Waals surface area (Å²) in [6.07, 6.45) is 6.95. The van der Waals surface area contributed by atoms with Gasteiger partial charge in [0.2, 0.25) is 16.9 Å². The number of anilines is 1. The molecule has 0 aliphatic rings. The molecule has 10 heteroatoms. The Hall–Kier alpha value is -4.02. The molecule has 9 nitrogen and oxygen atoms in total. The van der Waals surface area contributed by atoms with Crippen LogP contribution in [0, 0.1) is 0 Å². The van der Waals surface area contributed by atoms with Crippen molar-refractivity contribution in [2.24, 2.45) is 17.2 Å². The number of carbonyl (C=O) groups is 2. The van der Waals surface area contributed by atoms with Crippen molar-refractivity contribution in [3.05, 3.63) is 100.0 Å². The maximum atomic E-state index is 12.4. The average Bonchev–Trinajstić information content (AvgIpc) is 3.32. The molecular formula is C29H37N7O2S. The van der Waals surface area contributed by atoms with E-state index in [0.717, 1.165) is 41.0 Å². The molecule has 206 valence electrons. The Morgan fingerprint density at radius 2 is 1.64 bits per heavy atom. The SMILES string of the molecule is CC(C)(N)c1cccc(CC(=O)N/C(N)=C/C=C(\N)CCCCc2nnc(NC(=O)Cc3ccccc3)s2)c1. The number of carbonyl (C=O) groups excluding carboxylic acids is 2. The molecule has 0 aliphatic carbocycles. The van der Waals surface area contributed by atoms with Crippen LogP contribution in [0.2, 0.25) is 0 Å². The van der Waals surface area contributed by atoms with Gasteiger partial charge >= 0.3 is 0 Å². The van der Waals surface area contributed by atoms with Crippen molar-refractivity contribution in [1.82, 2.24) is 15.5 Å². The Kier molecular flexibility index (Phi) is 10.8. The summed E-state index contributed by atoms with van der Waals surface area (Å²) in [5.74, 6) is -0.0977. The van der Waals surface area contributed by atoms with Crippen LogP contribution in [0.1, 0.15) is 54.8 Å². The summed E-state index contributed by atoms with van der Waals surface area (Å²) in [5, 5.41) is 15.1. The fourth-order valence-electron chi connectivity index (χ4n) is 3.75. The zero-order chi connectivity index (χ0) is 28.3. The summed E-state index contributed by atoms with van der Waals surface area (Å²) in [5.41, 5.74) is 21.2. The first kappa shape index (κ1) is 29.5. The summed E-state index contributed by atoms with van der Waals surface area (Å²) in [7, 11) is 0. The van der Waals surface area contributed by atoms with Crippen LogP contribution in [-0.2, 0) is 34.4 Å². The van der Waals surface area contributed by atoms with Crippen LogP contribution >= 0.6 is 11.3 Å². The average molecular weight is 548 g/mol. The molecule has 0 fully saturated rings. The van der Waals surface area contributed by atoms with Crippen molar-refractivity contribution in [3.63, 3.8) is 0 Å². The maximum Gasteiger partial charge on any atom is 0.230 e. The molecule has 0 aliphatic heterocycles. The Morgan fingerprint density at radius 1 is 0.923 bits per heavy atom. The Balaban J connectivity index is 1.36. The molecule has 0 radical (unpaired) electrons. The normalized spacial score (nSPS) is 12.3. The highest BCUT2D eigenvalue weighted by molar-refractivity contribution is 7.15. The zero-order valence-electron chi connectivity index (χ0n) is 22.4. The molecule has 2 aromatic carbocycles. The van der Waals surface area contributed by atoms with E-state index >= 15 is 0 Å². The predicted octanol–water partition coefficient (Wildman–Crippen LogP) is 3.63. The minimum Gasteiger partial charge on any atom is -0.402 e. The quantitative estimate of drug-likeness (QED) is 0.161. The molecule has 0 spiro atoms. The van der Waals surface area contributed by atoms with Crippen molar-refractivity contribution < 1.29 is 9.59 Å². The molecular weight excluding hydrogens is 510 g/mol. The van der Waals surface area contributed by atoms with Crippen LogP contribution in [0.25, 0.3) is 0 Å². The van der Waals surface area contributed by atoms with Gasteiger partial charge in [0.1, 0.15) is 10.8 Å². The summed E-state index contributed by atoms with van der Waals surface area (Å²) in [4.78, 5) is 24.6. The van der Waals surface area contributed by atoms with Crippen LogP contribution in [0.15, 0.2) is 78.3 Å². The highest BCUT2D eigenvalue weighted by Gasteiger charge is 2.15. The second kappa shape index (κ2) is 14.2. The lowest BCUT2D eigenvalue weighted by atomic mass is 9.93. The molecule has 1 aromatic heterocycles. The van der Waals surface area contributed by atoms with Crippen molar-refractivity contribution in [2.75, 3.05) is 5.32 Å². The number of rotatable bonds is 13. The van der Waals surface area contributed by atoms with E-state index in [1.54, 1.807) is 12.2 Å². The van der Waals surface area contributed by atoms with Crippen molar-refractivity contribution >= 4 is 28.3 Å². The molecule has 0 atom stereocenters. The number of aryl methyl sites for hydroxylation is 1. The van der Waals surface area contributed by atoms with E-state index in [1.165, 1.54) is 11.3 Å². The molecule has 0 unspecified atom stereocenters. The van der Waals surface area contributed by atoms with E-state index in [9.17, 15) is 9.59 Å². The molecule has 3 rings (SSSR count). The molecule has 0 bridgehead atoms. The summed E-state index contributed by atoms with van der Waals surface area (Å²) >= 11 is 1.38. The van der Waals surface area contributed by atoms with Crippen LogP contribution in [0.3, 0.4) is 0 Å². The van der Waals surface area contributed by atoms with Gasteiger partial charge in [0, 0.05) is 17.7 Å². The lowest BCUT2D eigenvalue weighted by Gasteiger charge is -2.19. The van der Waals surface area contributed by atoms with Crippen LogP contribution in [0.4, 0.5) is 5.13 Å². The van der Waals surface area contributed by atoms with Crippen molar-refractivity contribution in [3.8, 4) is 0 Å². The van der Waals surface area contributed by atoms with Crippen molar-refractivity contribution in [2.45, 2.75) is 57.9 Å². The van der Waals surface area contributed by atoms with Gasteiger partial charge in [0.25, 0.3) is 0 Å². The molecule has 0 saturated carbocycles. The molecule has 1 heterocycles. The number of hydrogen-bond acceptors (Lipinski definition) is 8. The number of nitrogens with two attached hydrogens (primary N) is 3. The van der Waals surface area contributed by atoms with Gasteiger partial charge in [0.15, 0.2) is 0 Å².